The zero-order valence-corrected chi connectivity index (χ0v) is 12.3. The van der Waals surface area contributed by atoms with Crippen molar-refractivity contribution >= 4 is 35.3 Å². The fourth-order valence-electron chi connectivity index (χ4n) is 1.31. The lowest BCUT2D eigenvalue weighted by Gasteiger charge is -2.04. The quantitative estimate of drug-likeness (QED) is 0.692. The Morgan fingerprint density at radius 1 is 1.33 bits per heavy atom. The number of amides is 1. The van der Waals surface area contributed by atoms with E-state index in [1.807, 2.05) is 0 Å². The molecule has 0 atom stereocenters. The van der Waals surface area contributed by atoms with Crippen LogP contribution in [0, 0.1) is 11.6 Å². The Morgan fingerprint density at radius 3 is 2.52 bits per heavy atom. The number of rotatable bonds is 3. The Bertz CT molecular complexity index is 762. The van der Waals surface area contributed by atoms with Crippen molar-refractivity contribution in [3.8, 4) is 0 Å². The van der Waals surface area contributed by atoms with E-state index in [4.69, 9.17) is 9.79 Å². The first-order valence-electron chi connectivity index (χ1n) is 5.14. The van der Waals surface area contributed by atoms with E-state index in [9.17, 15) is 18.1 Å². The third-order valence-electron chi connectivity index (χ3n) is 2.19. The molecule has 0 aliphatic heterocycles. The van der Waals surface area contributed by atoms with Crippen LogP contribution in [0.25, 0.3) is 0 Å². The van der Waals surface area contributed by atoms with Crippen LogP contribution in [-0.4, -0.2) is 30.5 Å². The van der Waals surface area contributed by atoms with Crippen molar-refractivity contribution in [3.05, 3.63) is 40.1 Å². The summed E-state index contributed by atoms with van der Waals surface area (Å²) in [7, 11) is -4.80. The highest BCUT2D eigenvalue weighted by atomic mass is 79.9. The maximum Gasteiger partial charge on any atom is 0.466 e. The van der Waals surface area contributed by atoms with Crippen molar-refractivity contribution in [1.29, 1.82) is 0 Å². The second kappa shape index (κ2) is 5.60. The van der Waals surface area contributed by atoms with Crippen LogP contribution in [-0.2, 0) is 4.57 Å². The van der Waals surface area contributed by atoms with Crippen molar-refractivity contribution in [3.63, 3.8) is 0 Å². The molecule has 12 heteroatoms. The molecule has 2 rings (SSSR count). The van der Waals surface area contributed by atoms with Crippen LogP contribution in [0.1, 0.15) is 10.5 Å². The highest BCUT2D eigenvalue weighted by Gasteiger charge is 2.25. The lowest BCUT2D eigenvalue weighted by Crippen LogP contribution is -2.14. The van der Waals surface area contributed by atoms with Crippen molar-refractivity contribution in [2.45, 2.75) is 0 Å². The molecule has 0 aliphatic carbocycles. The molecule has 0 bridgehead atoms. The first-order chi connectivity index (χ1) is 9.68. The van der Waals surface area contributed by atoms with Gasteiger partial charge >= 0.3 is 7.75 Å². The highest BCUT2D eigenvalue weighted by molar-refractivity contribution is 9.10. The molecule has 0 unspecified atom stereocenters. The molecule has 0 saturated heterocycles. The van der Waals surface area contributed by atoms with E-state index in [1.54, 1.807) is 0 Å². The first kappa shape index (κ1) is 15.7. The Labute approximate surface area is 124 Å². The van der Waals surface area contributed by atoms with Gasteiger partial charge in [0.15, 0.2) is 10.3 Å². The van der Waals surface area contributed by atoms with Crippen molar-refractivity contribution in [2.24, 2.45) is 0 Å². The van der Waals surface area contributed by atoms with E-state index in [0.717, 1.165) is 12.1 Å². The predicted octanol–water partition coefficient (Wildman–Crippen LogP) is 1.51. The fraction of sp³-hybridized carbons (Fsp3) is 0. The van der Waals surface area contributed by atoms with Crippen molar-refractivity contribution in [2.75, 3.05) is 5.32 Å². The summed E-state index contributed by atoms with van der Waals surface area (Å²) in [4.78, 5) is 29.6. The molecular weight excluding hydrogens is 377 g/mol. The lowest BCUT2D eigenvalue weighted by molar-refractivity contribution is 0.102. The second-order valence-corrected chi connectivity index (χ2v) is 5.83. The number of nitrogens with zero attached hydrogens (tertiary/aromatic N) is 3. The van der Waals surface area contributed by atoms with Gasteiger partial charge in [0.1, 0.15) is 11.6 Å². The van der Waals surface area contributed by atoms with Gasteiger partial charge in [0.2, 0.25) is 0 Å². The van der Waals surface area contributed by atoms with Crippen molar-refractivity contribution in [1.82, 2.24) is 14.8 Å². The second-order valence-electron chi connectivity index (χ2n) is 3.70. The maximum atomic E-state index is 13.4. The molecule has 112 valence electrons. The topological polar surface area (TPSA) is 117 Å². The van der Waals surface area contributed by atoms with E-state index in [1.165, 1.54) is 0 Å². The minimum Gasteiger partial charge on any atom is -0.318 e. The van der Waals surface area contributed by atoms with Gasteiger partial charge in [-0.1, -0.05) is 4.57 Å². The van der Waals surface area contributed by atoms with Gasteiger partial charge in [-0.25, -0.2) is 13.3 Å². The summed E-state index contributed by atoms with van der Waals surface area (Å²) in [6.07, 6.45) is 0. The number of anilines is 1. The summed E-state index contributed by atoms with van der Waals surface area (Å²) in [6, 6.07) is 2.49. The molecule has 1 aromatic carbocycles. The van der Waals surface area contributed by atoms with Gasteiger partial charge < -0.3 is 15.1 Å². The highest BCUT2D eigenvalue weighted by Crippen LogP contribution is 2.35. The van der Waals surface area contributed by atoms with Gasteiger partial charge in [-0.2, -0.15) is 0 Å². The number of halogens is 3. The molecule has 0 saturated carbocycles. The lowest BCUT2D eigenvalue weighted by atomic mass is 10.3. The number of nitrogens with one attached hydrogen (secondary N) is 1. The number of aromatic nitrogens is 3. The van der Waals surface area contributed by atoms with Crippen LogP contribution in [0.3, 0.4) is 0 Å². The average Bonchev–Trinajstić information content (AvgIpc) is 2.75. The molecule has 0 radical (unpaired) electrons. The molecule has 1 heterocycles. The smallest absolute Gasteiger partial charge is 0.318 e. The van der Waals surface area contributed by atoms with E-state index in [0.29, 0.717) is 6.07 Å². The van der Waals surface area contributed by atoms with E-state index >= 15 is 0 Å². The number of benzene rings is 1. The summed E-state index contributed by atoms with van der Waals surface area (Å²) in [5.74, 6) is -2.81. The number of carbonyl (C=O) groups is 1. The molecule has 1 aromatic heterocycles. The molecule has 0 aliphatic rings. The molecule has 0 spiro atoms. The van der Waals surface area contributed by atoms with Crippen LogP contribution in [0.2, 0.25) is 0 Å². The molecule has 2 aromatic rings. The molecule has 3 N–H and O–H groups in total. The van der Waals surface area contributed by atoms with E-state index in [2.05, 4.69) is 31.4 Å². The standard InChI is InChI=1S/C9H6BrF2N4O4P/c10-8-7(14-16(15-8)21(18,19)20)9(17)13-6-2-1-4(11)3-5(6)12/h1-3H,(H,13,17)(H2,18,19,20). The third-order valence-corrected chi connectivity index (χ3v) is 3.37. The van der Waals surface area contributed by atoms with E-state index in [-0.39, 0.29) is 14.9 Å². The van der Waals surface area contributed by atoms with Gasteiger partial charge in [0.05, 0.1) is 5.69 Å². The molecule has 0 fully saturated rings. The van der Waals surface area contributed by atoms with Gasteiger partial charge in [-0.3, -0.25) is 4.79 Å². The van der Waals surface area contributed by atoms with Crippen molar-refractivity contribution < 1.29 is 27.9 Å². The Hall–Kier alpha value is -1.68. The van der Waals surface area contributed by atoms with Gasteiger partial charge in [-0.15, -0.1) is 10.2 Å². The Kier molecular flexibility index (Phi) is 4.19. The SMILES string of the molecule is O=C(Nc1ccc(F)cc1F)c1nn(P(=O)(O)O)nc1Br. The first-order valence-corrected chi connectivity index (χ1v) is 7.50. The maximum absolute atomic E-state index is 13.4. The molecular formula is C9H6BrF2N4O4P. The Balaban J connectivity index is 2.29. The predicted molar refractivity (Wildman–Crippen MR) is 69.5 cm³/mol. The monoisotopic (exact) mass is 382 g/mol. The van der Waals surface area contributed by atoms with Gasteiger partial charge in [-0.05, 0) is 28.1 Å². The zero-order valence-electron chi connectivity index (χ0n) is 9.87. The summed E-state index contributed by atoms with van der Waals surface area (Å²) < 4.78 is 36.9. The van der Waals surface area contributed by atoms with Gasteiger partial charge in [0, 0.05) is 6.07 Å². The molecule has 8 nitrogen and oxygen atoms in total. The molecule has 1 amide bonds. The van der Waals surface area contributed by atoms with Gasteiger partial charge in [0.25, 0.3) is 5.91 Å². The molecule has 21 heavy (non-hydrogen) atoms. The Morgan fingerprint density at radius 2 is 2.00 bits per heavy atom. The zero-order chi connectivity index (χ0) is 15.8. The third kappa shape index (κ3) is 3.50. The largest absolute Gasteiger partial charge is 0.466 e. The van der Waals surface area contributed by atoms with E-state index < -0.39 is 31.0 Å². The average molecular weight is 383 g/mol. The summed E-state index contributed by atoms with van der Waals surface area (Å²) >= 11 is 2.80. The fourth-order valence-corrected chi connectivity index (χ4v) is 2.25. The summed E-state index contributed by atoms with van der Waals surface area (Å²) in [5.41, 5.74) is -0.791. The van der Waals surface area contributed by atoms with Crippen LogP contribution in [0.15, 0.2) is 22.8 Å². The van der Waals surface area contributed by atoms with Crippen LogP contribution < -0.4 is 5.32 Å². The number of carbonyl (C=O) groups excluding carboxylic acids is 1. The minimum atomic E-state index is -4.80. The number of hydrogen-bond donors (Lipinski definition) is 3. The van der Waals surface area contributed by atoms with Crippen LogP contribution >= 0.6 is 23.7 Å². The summed E-state index contributed by atoms with van der Waals surface area (Å²) in [6.45, 7) is 0. The van der Waals surface area contributed by atoms with Crippen LogP contribution in [0.5, 0.6) is 0 Å². The minimum absolute atomic E-state index is 0.0486. The normalized spacial score (nSPS) is 11.5. The van der Waals surface area contributed by atoms with Crippen LogP contribution in [0.4, 0.5) is 14.5 Å². The number of hydrogen-bond acceptors (Lipinski definition) is 4. The summed E-state index contributed by atoms with van der Waals surface area (Å²) in [5, 5.41) is 8.72.